The van der Waals surface area contributed by atoms with E-state index in [0.29, 0.717) is 12.5 Å². The predicted molar refractivity (Wildman–Crippen MR) is 62.4 cm³/mol. The molecule has 1 atom stereocenters. The van der Waals surface area contributed by atoms with Gasteiger partial charge in [0.1, 0.15) is 0 Å². The highest BCUT2D eigenvalue weighted by atomic mass is 16.1. The van der Waals surface area contributed by atoms with Gasteiger partial charge in [-0.3, -0.25) is 9.48 Å². The van der Waals surface area contributed by atoms with E-state index in [1.807, 2.05) is 7.05 Å². The zero-order chi connectivity index (χ0) is 11.4. The summed E-state index contributed by atoms with van der Waals surface area (Å²) in [5.41, 5.74) is 0.730. The van der Waals surface area contributed by atoms with Crippen LogP contribution >= 0.6 is 0 Å². The molecule has 2 heterocycles. The van der Waals surface area contributed by atoms with Crippen LogP contribution in [-0.4, -0.2) is 28.2 Å². The maximum absolute atomic E-state index is 11.9. The van der Waals surface area contributed by atoms with Crippen LogP contribution in [0.3, 0.4) is 0 Å². The number of hydrogen-bond donors (Lipinski definition) is 1. The number of hydrogen-bond acceptors (Lipinski definition) is 3. The molecule has 0 aromatic carbocycles. The average molecular weight is 221 g/mol. The third-order valence-electron chi connectivity index (χ3n) is 3.12. The van der Waals surface area contributed by atoms with Crippen molar-refractivity contribution in [3.63, 3.8) is 0 Å². The molecule has 1 aliphatic rings. The normalized spacial score (nSPS) is 21.7. The Morgan fingerprint density at radius 3 is 3.19 bits per heavy atom. The fourth-order valence-corrected chi connectivity index (χ4v) is 2.18. The van der Waals surface area contributed by atoms with Gasteiger partial charge in [-0.1, -0.05) is 12.8 Å². The van der Waals surface area contributed by atoms with Crippen molar-refractivity contribution in [3.8, 4) is 0 Å². The highest BCUT2D eigenvalue weighted by Gasteiger charge is 2.17. The maximum atomic E-state index is 11.9. The molecule has 1 aromatic heterocycles. The van der Waals surface area contributed by atoms with Crippen molar-refractivity contribution in [2.45, 2.75) is 38.1 Å². The van der Waals surface area contributed by atoms with Crippen LogP contribution in [0.25, 0.3) is 0 Å². The number of rotatable bonds is 3. The fraction of sp³-hybridized carbons (Fsp3) is 0.667. The van der Waals surface area contributed by atoms with Gasteiger partial charge in [-0.2, -0.15) is 5.10 Å². The van der Waals surface area contributed by atoms with Crippen LogP contribution in [0.2, 0.25) is 0 Å². The number of nitrogens with zero attached hydrogens (tertiary/aromatic N) is 2. The maximum Gasteiger partial charge on any atom is 0.167 e. The number of aryl methyl sites for hydroxylation is 1. The average Bonchev–Trinajstić information content (AvgIpc) is 2.54. The Balaban J connectivity index is 1.90. The van der Waals surface area contributed by atoms with Crippen LogP contribution in [0.15, 0.2) is 12.4 Å². The van der Waals surface area contributed by atoms with Crippen LogP contribution in [0.1, 0.15) is 42.5 Å². The monoisotopic (exact) mass is 221 g/mol. The van der Waals surface area contributed by atoms with Crippen LogP contribution in [0.5, 0.6) is 0 Å². The standard InChI is InChI=1S/C12H19N3O/c1-15-9-10(8-14-15)12(16)7-11-5-3-2-4-6-13-11/h8-9,11,13H,2-7H2,1H3. The molecule has 0 aliphatic carbocycles. The van der Waals surface area contributed by atoms with Crippen molar-refractivity contribution in [2.75, 3.05) is 6.54 Å². The van der Waals surface area contributed by atoms with Crippen LogP contribution < -0.4 is 5.32 Å². The van der Waals surface area contributed by atoms with Gasteiger partial charge < -0.3 is 5.32 Å². The molecule has 2 rings (SSSR count). The van der Waals surface area contributed by atoms with Gasteiger partial charge >= 0.3 is 0 Å². The Bertz CT molecular complexity index is 351. The van der Waals surface area contributed by atoms with Crippen LogP contribution in [0.4, 0.5) is 0 Å². The molecule has 4 heteroatoms. The molecule has 1 aromatic rings. The summed E-state index contributed by atoms with van der Waals surface area (Å²) in [4.78, 5) is 11.9. The second-order valence-electron chi connectivity index (χ2n) is 4.53. The van der Waals surface area contributed by atoms with Gasteiger partial charge in [0.2, 0.25) is 0 Å². The van der Waals surface area contributed by atoms with Crippen molar-refractivity contribution in [1.82, 2.24) is 15.1 Å². The van der Waals surface area contributed by atoms with E-state index < -0.39 is 0 Å². The molecule has 0 saturated carbocycles. The molecule has 4 nitrogen and oxygen atoms in total. The van der Waals surface area contributed by atoms with Gasteiger partial charge in [-0.25, -0.2) is 0 Å². The number of carbonyl (C=O) groups excluding carboxylic acids is 1. The van der Waals surface area contributed by atoms with E-state index in [2.05, 4.69) is 10.4 Å². The molecule has 16 heavy (non-hydrogen) atoms. The molecular weight excluding hydrogens is 202 g/mol. The van der Waals surface area contributed by atoms with Gasteiger partial charge in [0, 0.05) is 25.7 Å². The van der Waals surface area contributed by atoms with E-state index in [4.69, 9.17) is 0 Å². The van der Waals surface area contributed by atoms with Gasteiger partial charge in [-0.15, -0.1) is 0 Å². The Morgan fingerprint density at radius 2 is 2.44 bits per heavy atom. The number of aromatic nitrogens is 2. The van der Waals surface area contributed by atoms with E-state index >= 15 is 0 Å². The Morgan fingerprint density at radius 1 is 1.56 bits per heavy atom. The molecular formula is C12H19N3O. The zero-order valence-corrected chi connectivity index (χ0v) is 9.78. The summed E-state index contributed by atoms with van der Waals surface area (Å²) in [5, 5.41) is 7.47. The van der Waals surface area contributed by atoms with E-state index in [-0.39, 0.29) is 5.78 Å². The number of ketones is 1. The Labute approximate surface area is 96.0 Å². The molecule has 0 radical (unpaired) electrons. The molecule has 1 N–H and O–H groups in total. The first-order valence-corrected chi connectivity index (χ1v) is 6.01. The van der Waals surface area contributed by atoms with Crippen molar-refractivity contribution in [2.24, 2.45) is 7.05 Å². The van der Waals surface area contributed by atoms with Gasteiger partial charge in [-0.05, 0) is 19.4 Å². The molecule has 1 aliphatic heterocycles. The highest BCUT2D eigenvalue weighted by molar-refractivity contribution is 5.95. The van der Waals surface area contributed by atoms with E-state index in [1.54, 1.807) is 17.1 Å². The predicted octanol–water partition coefficient (Wildman–Crippen LogP) is 1.53. The van der Waals surface area contributed by atoms with Crippen LogP contribution in [-0.2, 0) is 7.05 Å². The molecule has 0 spiro atoms. The SMILES string of the molecule is Cn1cc(C(=O)CC2CCCCCN2)cn1. The molecule has 1 unspecified atom stereocenters. The van der Waals surface area contributed by atoms with Crippen molar-refractivity contribution >= 4 is 5.78 Å². The topological polar surface area (TPSA) is 46.9 Å². The van der Waals surface area contributed by atoms with E-state index in [1.165, 1.54) is 19.3 Å². The third-order valence-corrected chi connectivity index (χ3v) is 3.12. The van der Waals surface area contributed by atoms with Gasteiger partial charge in [0.05, 0.1) is 11.8 Å². The molecule has 88 valence electrons. The van der Waals surface area contributed by atoms with Crippen LogP contribution in [0, 0.1) is 0 Å². The minimum Gasteiger partial charge on any atom is -0.314 e. The lowest BCUT2D eigenvalue weighted by molar-refractivity contribution is 0.0968. The first-order chi connectivity index (χ1) is 7.75. The quantitative estimate of drug-likeness (QED) is 0.787. The lowest BCUT2D eigenvalue weighted by Gasteiger charge is -2.13. The second kappa shape index (κ2) is 5.25. The highest BCUT2D eigenvalue weighted by Crippen LogP contribution is 2.13. The fourth-order valence-electron chi connectivity index (χ4n) is 2.18. The third kappa shape index (κ3) is 2.92. The minimum atomic E-state index is 0.201. The first kappa shape index (κ1) is 11.3. The van der Waals surface area contributed by atoms with Crippen molar-refractivity contribution in [3.05, 3.63) is 18.0 Å². The zero-order valence-electron chi connectivity index (χ0n) is 9.78. The molecule has 0 amide bonds. The summed E-state index contributed by atoms with van der Waals surface area (Å²) < 4.78 is 1.67. The second-order valence-corrected chi connectivity index (χ2v) is 4.53. The summed E-state index contributed by atoms with van der Waals surface area (Å²) in [6.07, 6.45) is 8.91. The smallest absolute Gasteiger partial charge is 0.167 e. The van der Waals surface area contributed by atoms with Gasteiger partial charge in [0.25, 0.3) is 0 Å². The van der Waals surface area contributed by atoms with Gasteiger partial charge in [0.15, 0.2) is 5.78 Å². The minimum absolute atomic E-state index is 0.201. The molecule has 0 bridgehead atoms. The van der Waals surface area contributed by atoms with E-state index in [9.17, 15) is 4.79 Å². The summed E-state index contributed by atoms with van der Waals surface area (Å²) in [6, 6.07) is 0.357. The number of nitrogens with one attached hydrogen (secondary N) is 1. The van der Waals surface area contributed by atoms with Crippen molar-refractivity contribution in [1.29, 1.82) is 0 Å². The molecule has 1 saturated heterocycles. The first-order valence-electron chi connectivity index (χ1n) is 6.01. The van der Waals surface area contributed by atoms with E-state index in [0.717, 1.165) is 18.5 Å². The van der Waals surface area contributed by atoms with Crippen molar-refractivity contribution < 1.29 is 4.79 Å². The number of Topliss-reactive ketones (excluding diaryl/α,β-unsaturated/α-hetero) is 1. The summed E-state index contributed by atoms with van der Waals surface area (Å²) >= 11 is 0. The lowest BCUT2D eigenvalue weighted by atomic mass is 10.0. The Kier molecular flexibility index (Phi) is 3.72. The largest absolute Gasteiger partial charge is 0.314 e. The summed E-state index contributed by atoms with van der Waals surface area (Å²) in [5.74, 6) is 0.201. The summed E-state index contributed by atoms with van der Waals surface area (Å²) in [6.45, 7) is 1.05. The lowest BCUT2D eigenvalue weighted by Crippen LogP contribution is -2.30. The summed E-state index contributed by atoms with van der Waals surface area (Å²) in [7, 11) is 1.83. The number of carbonyl (C=O) groups is 1. The molecule has 1 fully saturated rings. The Hall–Kier alpha value is -1.16.